The summed E-state index contributed by atoms with van der Waals surface area (Å²) in [5, 5.41) is 8.69. The van der Waals surface area contributed by atoms with Crippen molar-refractivity contribution in [3.05, 3.63) is 64.5 Å². The van der Waals surface area contributed by atoms with E-state index < -0.39 is 10.0 Å². The zero-order valence-electron chi connectivity index (χ0n) is 19.2. The monoisotopic (exact) mass is 516 g/mol. The van der Waals surface area contributed by atoms with E-state index in [1.807, 2.05) is 12.1 Å². The molecule has 0 spiro atoms. The number of sulfonamides is 1. The maximum Gasteiger partial charge on any atom is 0.254 e. The largest absolute Gasteiger partial charge is 0.419 e. The molecule has 2 aromatic carbocycles. The summed E-state index contributed by atoms with van der Waals surface area (Å²) >= 11 is 6.23. The fourth-order valence-corrected chi connectivity index (χ4v) is 5.94. The fraction of sp³-hybridized carbons (Fsp3) is 0.375. The first-order valence-corrected chi connectivity index (χ1v) is 13.2. The molecule has 0 radical (unpaired) electrons. The molecule has 3 aromatic rings. The summed E-state index contributed by atoms with van der Waals surface area (Å²) in [6.07, 6.45) is 1.73. The van der Waals surface area contributed by atoms with Gasteiger partial charge in [-0.05, 0) is 49.6 Å². The Morgan fingerprint density at radius 2 is 1.89 bits per heavy atom. The molecule has 1 aliphatic heterocycles. The van der Waals surface area contributed by atoms with Gasteiger partial charge in [-0.2, -0.15) is 4.31 Å². The Morgan fingerprint density at radius 1 is 1.14 bits per heavy atom. The van der Waals surface area contributed by atoms with Gasteiger partial charge in [0.25, 0.3) is 5.91 Å². The number of halogens is 1. The second kappa shape index (κ2) is 9.69. The van der Waals surface area contributed by atoms with Crippen LogP contribution in [0, 0.1) is 6.92 Å². The van der Waals surface area contributed by atoms with Crippen molar-refractivity contribution in [2.24, 2.45) is 0 Å². The second-order valence-corrected chi connectivity index (χ2v) is 11.0. The fourth-order valence-electron chi connectivity index (χ4n) is 4.06. The molecule has 0 atom stereocenters. The second-order valence-electron chi connectivity index (χ2n) is 8.64. The minimum atomic E-state index is -3.74. The summed E-state index contributed by atoms with van der Waals surface area (Å²) in [5.41, 5.74) is 1.51. The summed E-state index contributed by atoms with van der Waals surface area (Å²) in [5.74, 6) is 0.292. The summed E-state index contributed by atoms with van der Waals surface area (Å²) in [4.78, 5) is 15.3. The highest BCUT2D eigenvalue weighted by atomic mass is 35.5. The van der Waals surface area contributed by atoms with Gasteiger partial charge in [0.15, 0.2) is 0 Å². The van der Waals surface area contributed by atoms with E-state index in [-0.39, 0.29) is 35.2 Å². The van der Waals surface area contributed by atoms with Crippen LogP contribution in [0.2, 0.25) is 5.02 Å². The van der Waals surface area contributed by atoms with Crippen LogP contribution >= 0.6 is 11.6 Å². The van der Waals surface area contributed by atoms with Crippen LogP contribution in [0.15, 0.2) is 51.8 Å². The smallest absolute Gasteiger partial charge is 0.254 e. The third-order valence-corrected chi connectivity index (χ3v) is 8.52. The lowest BCUT2D eigenvalue weighted by molar-refractivity contribution is 0.0713. The van der Waals surface area contributed by atoms with E-state index >= 15 is 0 Å². The topological polar surface area (TPSA) is 106 Å². The molecular formula is C24H25ClN4O5S. The number of hydrogen-bond donors (Lipinski definition) is 0. The lowest BCUT2D eigenvalue weighted by Gasteiger charge is -2.27. The van der Waals surface area contributed by atoms with Gasteiger partial charge >= 0.3 is 0 Å². The maximum absolute atomic E-state index is 13.5. The number of ether oxygens (including phenoxy) is 1. The van der Waals surface area contributed by atoms with Crippen LogP contribution in [-0.4, -0.2) is 66.1 Å². The van der Waals surface area contributed by atoms with Crippen molar-refractivity contribution < 1.29 is 22.4 Å². The Hall–Kier alpha value is -2.79. The molecule has 2 heterocycles. The van der Waals surface area contributed by atoms with Crippen LogP contribution in [0.25, 0.3) is 11.5 Å². The minimum absolute atomic E-state index is 0.0405. The number of morpholine rings is 1. The molecule has 2 aliphatic rings. The highest BCUT2D eigenvalue weighted by Crippen LogP contribution is 2.32. The van der Waals surface area contributed by atoms with E-state index in [2.05, 4.69) is 10.2 Å². The SMILES string of the molecule is Cc1ccc(C(=O)N(Cc2nnc(-c3ccccc3Cl)o2)C2CC2)cc1S(=O)(=O)N1CCOCC1. The zero-order valence-corrected chi connectivity index (χ0v) is 20.8. The van der Waals surface area contributed by atoms with Gasteiger partial charge in [-0.15, -0.1) is 10.2 Å². The standard InChI is InChI=1S/C24H25ClN4O5S/c1-16-6-7-17(14-21(16)35(31,32)28-10-12-33-13-11-28)24(30)29(18-8-9-18)15-22-26-27-23(34-22)19-4-2-3-5-20(19)25/h2-7,14,18H,8-13,15H2,1H3. The highest BCUT2D eigenvalue weighted by Gasteiger charge is 2.35. The molecular weight excluding hydrogens is 492 g/mol. The molecule has 1 aromatic heterocycles. The maximum atomic E-state index is 13.5. The third-order valence-electron chi connectivity index (χ3n) is 6.15. The number of benzene rings is 2. The van der Waals surface area contributed by atoms with Crippen LogP contribution < -0.4 is 0 Å². The molecule has 0 unspecified atom stereocenters. The van der Waals surface area contributed by atoms with Crippen LogP contribution in [-0.2, 0) is 21.3 Å². The molecule has 2 fully saturated rings. The number of nitrogens with zero attached hydrogens (tertiary/aromatic N) is 4. The molecule has 1 aliphatic carbocycles. The highest BCUT2D eigenvalue weighted by molar-refractivity contribution is 7.89. The molecule has 9 nitrogen and oxygen atoms in total. The first kappa shape index (κ1) is 23.9. The summed E-state index contributed by atoms with van der Waals surface area (Å²) in [7, 11) is -3.74. The van der Waals surface area contributed by atoms with E-state index in [1.54, 1.807) is 36.1 Å². The van der Waals surface area contributed by atoms with E-state index in [9.17, 15) is 13.2 Å². The first-order chi connectivity index (χ1) is 16.8. The van der Waals surface area contributed by atoms with Crippen molar-refractivity contribution in [3.8, 4) is 11.5 Å². The predicted octanol–water partition coefficient (Wildman–Crippen LogP) is 3.52. The lowest BCUT2D eigenvalue weighted by Crippen LogP contribution is -2.41. The van der Waals surface area contributed by atoms with Crippen molar-refractivity contribution in [1.82, 2.24) is 19.4 Å². The average Bonchev–Trinajstić information content (AvgIpc) is 3.61. The van der Waals surface area contributed by atoms with E-state index in [4.69, 9.17) is 20.8 Å². The van der Waals surface area contributed by atoms with Crippen molar-refractivity contribution in [3.63, 3.8) is 0 Å². The number of aromatic nitrogens is 2. The first-order valence-electron chi connectivity index (χ1n) is 11.4. The van der Waals surface area contributed by atoms with Gasteiger partial charge in [0.05, 0.1) is 35.2 Å². The molecule has 1 saturated heterocycles. The molecule has 1 saturated carbocycles. The third kappa shape index (κ3) is 4.97. The number of aryl methyl sites for hydroxylation is 1. The number of amides is 1. The van der Waals surface area contributed by atoms with Gasteiger partial charge in [-0.25, -0.2) is 8.42 Å². The summed E-state index contributed by atoms with van der Waals surface area (Å²) < 4.78 is 39.0. The Labute approximate surface area is 208 Å². The number of carbonyl (C=O) groups excluding carboxylic acids is 1. The average molecular weight is 517 g/mol. The van der Waals surface area contributed by atoms with Crippen LogP contribution in [0.5, 0.6) is 0 Å². The molecule has 5 rings (SSSR count). The molecule has 0 bridgehead atoms. The number of carbonyl (C=O) groups is 1. The van der Waals surface area contributed by atoms with Gasteiger partial charge in [-0.1, -0.05) is 29.8 Å². The van der Waals surface area contributed by atoms with Gasteiger partial charge < -0.3 is 14.1 Å². The Balaban J connectivity index is 1.40. The molecule has 1 amide bonds. The van der Waals surface area contributed by atoms with Gasteiger partial charge in [-0.3, -0.25) is 4.79 Å². The van der Waals surface area contributed by atoms with Gasteiger partial charge in [0.1, 0.15) is 0 Å². The summed E-state index contributed by atoms with van der Waals surface area (Å²) in [6.45, 7) is 3.15. The van der Waals surface area contributed by atoms with Crippen molar-refractivity contribution in [1.29, 1.82) is 0 Å². The van der Waals surface area contributed by atoms with E-state index in [1.165, 1.54) is 10.4 Å². The molecule has 11 heteroatoms. The predicted molar refractivity (Wildman–Crippen MR) is 128 cm³/mol. The summed E-state index contributed by atoms with van der Waals surface area (Å²) in [6, 6.07) is 12.0. The van der Waals surface area contributed by atoms with Crippen molar-refractivity contribution in [2.45, 2.75) is 37.2 Å². The van der Waals surface area contributed by atoms with Gasteiger partial charge in [0, 0.05) is 24.7 Å². The number of rotatable bonds is 7. The Kier molecular flexibility index (Phi) is 6.63. The Morgan fingerprint density at radius 3 is 2.60 bits per heavy atom. The zero-order chi connectivity index (χ0) is 24.6. The van der Waals surface area contributed by atoms with Crippen LogP contribution in [0.4, 0.5) is 0 Å². The van der Waals surface area contributed by atoms with Crippen LogP contribution in [0.1, 0.15) is 34.7 Å². The van der Waals surface area contributed by atoms with Gasteiger partial charge in [0.2, 0.25) is 21.8 Å². The van der Waals surface area contributed by atoms with E-state index in [0.717, 1.165) is 12.8 Å². The normalized spacial score (nSPS) is 16.9. The Bertz CT molecular complexity index is 1350. The van der Waals surface area contributed by atoms with Crippen molar-refractivity contribution in [2.75, 3.05) is 26.3 Å². The minimum Gasteiger partial charge on any atom is -0.419 e. The quantitative estimate of drug-likeness (QED) is 0.473. The molecule has 0 N–H and O–H groups in total. The van der Waals surface area contributed by atoms with E-state index in [0.29, 0.717) is 48.0 Å². The molecule has 35 heavy (non-hydrogen) atoms. The van der Waals surface area contributed by atoms with Crippen molar-refractivity contribution >= 4 is 27.5 Å². The van der Waals surface area contributed by atoms with Crippen LogP contribution in [0.3, 0.4) is 0 Å². The molecule has 184 valence electrons. The number of hydrogen-bond acceptors (Lipinski definition) is 7. The lowest BCUT2D eigenvalue weighted by atomic mass is 10.1.